The standard InChI is InChI=1S/C24H22FN5O3/c1-15-21-19(13-20(28-24(21)33-29-15)16-4-6-18(25)7-5-16)23(31)27-14-17-3-2-8-26-22(17)30-9-11-32-12-10-30/h2-8,13H,9-12,14H2,1H3,(H,27,31). The van der Waals surface area contributed by atoms with Gasteiger partial charge in [-0.2, -0.15) is 0 Å². The molecule has 0 spiro atoms. The molecule has 168 valence electrons. The van der Waals surface area contributed by atoms with Crippen molar-refractivity contribution in [1.29, 1.82) is 0 Å². The lowest BCUT2D eigenvalue weighted by molar-refractivity contribution is 0.0952. The summed E-state index contributed by atoms with van der Waals surface area (Å²) in [5.74, 6) is 0.212. The van der Waals surface area contributed by atoms with E-state index in [1.807, 2.05) is 12.1 Å². The molecule has 0 atom stereocenters. The molecule has 1 aliphatic heterocycles. The van der Waals surface area contributed by atoms with Crippen molar-refractivity contribution in [1.82, 2.24) is 20.4 Å². The van der Waals surface area contributed by atoms with Gasteiger partial charge in [0.2, 0.25) is 0 Å². The quantitative estimate of drug-likeness (QED) is 0.500. The monoisotopic (exact) mass is 447 g/mol. The maximum absolute atomic E-state index is 13.4. The smallest absolute Gasteiger partial charge is 0.259 e. The van der Waals surface area contributed by atoms with Crippen LogP contribution in [-0.4, -0.2) is 47.3 Å². The molecule has 1 fully saturated rings. The number of aromatic nitrogens is 3. The van der Waals surface area contributed by atoms with Gasteiger partial charge in [-0.3, -0.25) is 4.79 Å². The minimum atomic E-state index is -0.346. The van der Waals surface area contributed by atoms with Crippen molar-refractivity contribution < 1.29 is 18.4 Å². The minimum absolute atomic E-state index is 0.259. The first-order valence-corrected chi connectivity index (χ1v) is 10.7. The zero-order valence-corrected chi connectivity index (χ0v) is 18.0. The lowest BCUT2D eigenvalue weighted by Crippen LogP contribution is -2.37. The van der Waals surface area contributed by atoms with Crippen LogP contribution in [0.4, 0.5) is 10.2 Å². The van der Waals surface area contributed by atoms with E-state index in [0.29, 0.717) is 47.7 Å². The molecule has 8 nitrogen and oxygen atoms in total. The number of amides is 1. The molecule has 33 heavy (non-hydrogen) atoms. The molecule has 0 aliphatic carbocycles. The number of fused-ring (bicyclic) bond motifs is 1. The first-order valence-electron chi connectivity index (χ1n) is 10.7. The summed E-state index contributed by atoms with van der Waals surface area (Å²) in [7, 11) is 0. The van der Waals surface area contributed by atoms with Crippen molar-refractivity contribution in [3.63, 3.8) is 0 Å². The summed E-state index contributed by atoms with van der Waals surface area (Å²) < 4.78 is 24.1. The van der Waals surface area contributed by atoms with Crippen LogP contribution >= 0.6 is 0 Å². The lowest BCUT2D eigenvalue weighted by atomic mass is 10.0. The molecule has 1 amide bonds. The van der Waals surface area contributed by atoms with Crippen LogP contribution in [-0.2, 0) is 11.3 Å². The van der Waals surface area contributed by atoms with E-state index in [9.17, 15) is 9.18 Å². The van der Waals surface area contributed by atoms with Gasteiger partial charge < -0.3 is 19.5 Å². The second-order valence-electron chi connectivity index (χ2n) is 7.78. The molecule has 1 saturated heterocycles. The number of pyridine rings is 2. The Hall–Kier alpha value is -3.85. The van der Waals surface area contributed by atoms with Crippen molar-refractivity contribution in [3.05, 3.63) is 71.3 Å². The molecule has 0 saturated carbocycles. The Morgan fingerprint density at radius 1 is 1.18 bits per heavy atom. The predicted octanol–water partition coefficient (Wildman–Crippen LogP) is 3.50. The average Bonchev–Trinajstić information content (AvgIpc) is 3.24. The number of morpholine rings is 1. The highest BCUT2D eigenvalue weighted by atomic mass is 19.1. The molecule has 0 bridgehead atoms. The minimum Gasteiger partial charge on any atom is -0.378 e. The molecule has 0 unspecified atom stereocenters. The van der Waals surface area contributed by atoms with Gasteiger partial charge in [-0.25, -0.2) is 14.4 Å². The molecule has 3 aromatic heterocycles. The summed E-state index contributed by atoms with van der Waals surface area (Å²) in [5, 5.41) is 7.53. The Labute approximate surface area is 189 Å². The van der Waals surface area contributed by atoms with Crippen LogP contribution in [0.1, 0.15) is 21.6 Å². The maximum Gasteiger partial charge on any atom is 0.259 e. The predicted molar refractivity (Wildman–Crippen MR) is 120 cm³/mol. The number of benzene rings is 1. The third-order valence-electron chi connectivity index (χ3n) is 5.62. The van der Waals surface area contributed by atoms with E-state index in [1.54, 1.807) is 31.3 Å². The molecular weight excluding hydrogens is 425 g/mol. The molecule has 0 radical (unpaired) electrons. The van der Waals surface area contributed by atoms with Crippen LogP contribution in [0.2, 0.25) is 0 Å². The number of aryl methyl sites for hydroxylation is 1. The van der Waals surface area contributed by atoms with E-state index in [0.717, 1.165) is 24.5 Å². The highest BCUT2D eigenvalue weighted by molar-refractivity contribution is 6.07. The Morgan fingerprint density at radius 2 is 1.97 bits per heavy atom. The number of hydrogen-bond donors (Lipinski definition) is 1. The van der Waals surface area contributed by atoms with Crippen molar-refractivity contribution in [2.24, 2.45) is 0 Å². The molecule has 1 N–H and O–H groups in total. The van der Waals surface area contributed by atoms with Gasteiger partial charge >= 0.3 is 0 Å². The van der Waals surface area contributed by atoms with E-state index in [1.165, 1.54) is 12.1 Å². The molecule has 5 rings (SSSR count). The van der Waals surface area contributed by atoms with Crippen LogP contribution in [0, 0.1) is 12.7 Å². The van der Waals surface area contributed by atoms with Gasteiger partial charge in [-0.05, 0) is 43.3 Å². The summed E-state index contributed by atoms with van der Waals surface area (Å²) in [6.07, 6.45) is 1.75. The van der Waals surface area contributed by atoms with Crippen LogP contribution < -0.4 is 10.2 Å². The molecule has 4 heterocycles. The average molecular weight is 447 g/mol. The van der Waals surface area contributed by atoms with Gasteiger partial charge in [0.1, 0.15) is 11.6 Å². The van der Waals surface area contributed by atoms with E-state index < -0.39 is 0 Å². The fraction of sp³-hybridized carbons (Fsp3) is 0.250. The van der Waals surface area contributed by atoms with E-state index in [-0.39, 0.29) is 17.4 Å². The summed E-state index contributed by atoms with van der Waals surface area (Å²) >= 11 is 0. The normalized spacial score (nSPS) is 13.9. The number of nitrogens with zero attached hydrogens (tertiary/aromatic N) is 4. The zero-order valence-electron chi connectivity index (χ0n) is 18.0. The number of halogens is 1. The second-order valence-corrected chi connectivity index (χ2v) is 7.78. The second kappa shape index (κ2) is 8.95. The summed E-state index contributed by atoms with van der Waals surface area (Å²) in [5.41, 5.74) is 3.31. The highest BCUT2D eigenvalue weighted by Crippen LogP contribution is 2.27. The third-order valence-corrected chi connectivity index (χ3v) is 5.62. The largest absolute Gasteiger partial charge is 0.378 e. The SMILES string of the molecule is Cc1noc2nc(-c3ccc(F)cc3)cc(C(=O)NCc3cccnc3N3CCOCC3)c12. The van der Waals surface area contributed by atoms with Gasteiger partial charge in [0.15, 0.2) is 0 Å². The molecule has 1 aliphatic rings. The highest BCUT2D eigenvalue weighted by Gasteiger charge is 2.21. The van der Waals surface area contributed by atoms with E-state index in [2.05, 4.69) is 25.3 Å². The van der Waals surface area contributed by atoms with Crippen molar-refractivity contribution in [3.8, 4) is 11.3 Å². The fourth-order valence-corrected chi connectivity index (χ4v) is 3.94. The number of anilines is 1. The Balaban J connectivity index is 1.44. The fourth-order valence-electron chi connectivity index (χ4n) is 3.94. The number of hydrogen-bond acceptors (Lipinski definition) is 7. The molecule has 9 heteroatoms. The maximum atomic E-state index is 13.4. The molecular formula is C24H22FN5O3. The van der Waals surface area contributed by atoms with Gasteiger partial charge in [0.05, 0.1) is 35.6 Å². The Bertz CT molecular complexity index is 1300. The van der Waals surface area contributed by atoms with Crippen LogP contribution in [0.5, 0.6) is 0 Å². The summed E-state index contributed by atoms with van der Waals surface area (Å²) in [4.78, 5) is 24.4. The van der Waals surface area contributed by atoms with Gasteiger partial charge in [0, 0.05) is 37.0 Å². The summed E-state index contributed by atoms with van der Waals surface area (Å²) in [6, 6.07) is 11.4. The summed E-state index contributed by atoms with van der Waals surface area (Å²) in [6.45, 7) is 4.87. The van der Waals surface area contributed by atoms with E-state index in [4.69, 9.17) is 9.26 Å². The van der Waals surface area contributed by atoms with Crippen LogP contribution in [0.3, 0.4) is 0 Å². The van der Waals surface area contributed by atoms with Crippen LogP contribution in [0.25, 0.3) is 22.4 Å². The number of carbonyl (C=O) groups is 1. The zero-order chi connectivity index (χ0) is 22.8. The number of rotatable bonds is 5. The molecule has 4 aromatic rings. The Morgan fingerprint density at radius 3 is 2.76 bits per heavy atom. The van der Waals surface area contributed by atoms with Crippen molar-refractivity contribution >= 4 is 22.8 Å². The first-order chi connectivity index (χ1) is 16.1. The van der Waals surface area contributed by atoms with Crippen molar-refractivity contribution in [2.75, 3.05) is 31.2 Å². The number of ether oxygens (including phenoxy) is 1. The van der Waals surface area contributed by atoms with Crippen LogP contribution in [0.15, 0.2) is 53.2 Å². The lowest BCUT2D eigenvalue weighted by Gasteiger charge is -2.29. The number of nitrogens with one attached hydrogen (secondary N) is 1. The van der Waals surface area contributed by atoms with Gasteiger partial charge in [-0.1, -0.05) is 11.2 Å². The van der Waals surface area contributed by atoms with Gasteiger partial charge in [0.25, 0.3) is 11.6 Å². The topological polar surface area (TPSA) is 93.4 Å². The number of carbonyl (C=O) groups excluding carboxylic acids is 1. The first kappa shape index (κ1) is 21.0. The third kappa shape index (κ3) is 4.27. The van der Waals surface area contributed by atoms with Crippen molar-refractivity contribution in [2.45, 2.75) is 13.5 Å². The van der Waals surface area contributed by atoms with E-state index >= 15 is 0 Å². The Kier molecular flexibility index (Phi) is 5.70. The molecule has 1 aromatic carbocycles. The van der Waals surface area contributed by atoms with Gasteiger partial charge in [-0.15, -0.1) is 0 Å².